The fourth-order valence-electron chi connectivity index (χ4n) is 3.93. The van der Waals surface area contributed by atoms with Crippen molar-refractivity contribution in [2.24, 2.45) is 7.05 Å². The molecule has 1 heterocycles. The highest BCUT2D eigenvalue weighted by Crippen LogP contribution is 2.23. The summed E-state index contributed by atoms with van der Waals surface area (Å²) in [6.07, 6.45) is 0.177. The summed E-state index contributed by atoms with van der Waals surface area (Å²) in [7, 11) is 1.45. The monoisotopic (exact) mass is 517 g/mol. The fourth-order valence-corrected chi connectivity index (χ4v) is 4.18. The molecule has 2 N–H and O–H groups in total. The third-order valence-electron chi connectivity index (χ3n) is 5.82. The van der Waals surface area contributed by atoms with Gasteiger partial charge in [-0.25, -0.2) is 22.8 Å². The molecule has 1 atom stereocenters. The topological polar surface area (TPSA) is 93.3 Å². The van der Waals surface area contributed by atoms with Gasteiger partial charge in [0.15, 0.2) is 11.6 Å². The van der Waals surface area contributed by atoms with E-state index in [1.807, 2.05) is 0 Å². The minimum atomic E-state index is -1.33. The van der Waals surface area contributed by atoms with Crippen molar-refractivity contribution in [3.05, 3.63) is 98.7 Å². The molecular weight excluding hydrogens is 499 g/mol. The van der Waals surface area contributed by atoms with Crippen LogP contribution < -0.4 is 11.0 Å². The van der Waals surface area contributed by atoms with Gasteiger partial charge in [-0.3, -0.25) is 13.9 Å². The van der Waals surface area contributed by atoms with E-state index in [0.717, 1.165) is 16.7 Å². The quantitative estimate of drug-likeness (QED) is 0.384. The van der Waals surface area contributed by atoms with Crippen molar-refractivity contribution >= 4 is 34.5 Å². The van der Waals surface area contributed by atoms with Crippen molar-refractivity contribution in [3.8, 4) is 5.69 Å². The van der Waals surface area contributed by atoms with Gasteiger partial charge in [0.2, 0.25) is 0 Å². The zero-order chi connectivity index (χ0) is 26.1. The Hall–Kier alpha value is -4.05. The standard InChI is InChI=1S/C25H19ClF3N3O4/c1-31-19-12-10-17(28)21(29)22(19)32(25(31)36)14-8-5-13(6-9-14)7-11-18(24(34)35)30-23(33)20-15(26)3-2-4-16(20)27/h2-6,8-10,12,18H,7,11H2,1H3,(H,30,33)(H,34,35)/t18-/m0/s1. The molecule has 1 amide bonds. The van der Waals surface area contributed by atoms with Crippen LogP contribution in [-0.2, 0) is 18.3 Å². The van der Waals surface area contributed by atoms with Crippen LogP contribution in [0.4, 0.5) is 13.2 Å². The molecule has 3 aromatic carbocycles. The number of hydrogen-bond donors (Lipinski definition) is 2. The van der Waals surface area contributed by atoms with Gasteiger partial charge in [0.05, 0.1) is 21.8 Å². The van der Waals surface area contributed by atoms with E-state index in [9.17, 15) is 32.7 Å². The Balaban J connectivity index is 1.53. The van der Waals surface area contributed by atoms with Gasteiger partial charge in [-0.1, -0.05) is 29.8 Å². The first kappa shape index (κ1) is 25.1. The zero-order valence-electron chi connectivity index (χ0n) is 18.8. The van der Waals surface area contributed by atoms with E-state index in [4.69, 9.17) is 11.6 Å². The van der Waals surface area contributed by atoms with Crippen LogP contribution in [-0.4, -0.2) is 32.2 Å². The number of nitrogens with one attached hydrogen (secondary N) is 1. The summed E-state index contributed by atoms with van der Waals surface area (Å²) in [5.41, 5.74) is -0.0467. The summed E-state index contributed by atoms with van der Waals surface area (Å²) in [5, 5.41) is 11.6. The molecule has 0 fully saturated rings. The van der Waals surface area contributed by atoms with Crippen molar-refractivity contribution in [2.75, 3.05) is 0 Å². The second-order valence-corrected chi connectivity index (χ2v) is 8.48. The van der Waals surface area contributed by atoms with E-state index in [1.54, 1.807) is 12.1 Å². The van der Waals surface area contributed by atoms with Crippen LogP contribution in [0.3, 0.4) is 0 Å². The van der Waals surface area contributed by atoms with Crippen molar-refractivity contribution in [3.63, 3.8) is 0 Å². The molecule has 0 aliphatic rings. The van der Waals surface area contributed by atoms with Gasteiger partial charge in [-0.05, 0) is 54.8 Å². The van der Waals surface area contributed by atoms with Gasteiger partial charge >= 0.3 is 11.7 Å². The zero-order valence-corrected chi connectivity index (χ0v) is 19.5. The molecule has 186 valence electrons. The number of imidazole rings is 1. The average molecular weight is 518 g/mol. The lowest BCUT2D eigenvalue weighted by molar-refractivity contribution is -0.139. The highest BCUT2D eigenvalue weighted by molar-refractivity contribution is 6.33. The molecule has 0 unspecified atom stereocenters. The molecule has 0 spiro atoms. The lowest BCUT2D eigenvalue weighted by Crippen LogP contribution is -2.41. The summed E-state index contributed by atoms with van der Waals surface area (Å²) in [6, 6.07) is 10.9. The molecule has 4 rings (SSSR count). The van der Waals surface area contributed by atoms with Crippen LogP contribution in [0.25, 0.3) is 16.7 Å². The smallest absolute Gasteiger partial charge is 0.333 e. The Morgan fingerprint density at radius 2 is 1.72 bits per heavy atom. The first-order valence-corrected chi connectivity index (χ1v) is 11.1. The van der Waals surface area contributed by atoms with Crippen molar-refractivity contribution in [1.29, 1.82) is 0 Å². The van der Waals surface area contributed by atoms with Crippen molar-refractivity contribution < 1.29 is 27.9 Å². The van der Waals surface area contributed by atoms with Gasteiger partial charge in [-0.2, -0.15) is 0 Å². The number of benzene rings is 3. The molecule has 11 heteroatoms. The van der Waals surface area contributed by atoms with Gasteiger partial charge in [0.1, 0.15) is 17.4 Å². The first-order chi connectivity index (χ1) is 17.1. The van der Waals surface area contributed by atoms with Crippen LogP contribution in [0.5, 0.6) is 0 Å². The van der Waals surface area contributed by atoms with Crippen LogP contribution in [0, 0.1) is 17.5 Å². The van der Waals surface area contributed by atoms with Crippen LogP contribution in [0.1, 0.15) is 22.3 Å². The van der Waals surface area contributed by atoms with Crippen molar-refractivity contribution in [2.45, 2.75) is 18.9 Å². The van der Waals surface area contributed by atoms with Gasteiger partial charge in [0.25, 0.3) is 5.91 Å². The second-order valence-electron chi connectivity index (χ2n) is 8.07. The van der Waals surface area contributed by atoms with E-state index in [2.05, 4.69) is 5.32 Å². The van der Waals surface area contributed by atoms with Crippen LogP contribution in [0.2, 0.25) is 5.02 Å². The number of carboxylic acids is 1. The molecule has 7 nitrogen and oxygen atoms in total. The number of aromatic nitrogens is 2. The average Bonchev–Trinajstić information content (AvgIpc) is 3.09. The molecule has 0 saturated carbocycles. The Morgan fingerprint density at radius 3 is 2.36 bits per heavy atom. The fraction of sp³-hybridized carbons (Fsp3) is 0.160. The normalized spacial score (nSPS) is 12.0. The van der Waals surface area contributed by atoms with Gasteiger partial charge in [-0.15, -0.1) is 0 Å². The Labute approximate surface area is 207 Å². The van der Waals surface area contributed by atoms with E-state index >= 15 is 0 Å². The number of carbonyl (C=O) groups is 2. The number of hydrogen-bond acceptors (Lipinski definition) is 3. The second kappa shape index (κ2) is 9.90. The number of aliphatic carboxylic acids is 1. The number of amides is 1. The number of nitrogens with zero attached hydrogens (tertiary/aromatic N) is 2. The van der Waals surface area contributed by atoms with E-state index in [0.29, 0.717) is 5.56 Å². The Kier molecular flexibility index (Phi) is 6.89. The number of rotatable bonds is 7. The first-order valence-electron chi connectivity index (χ1n) is 10.7. The molecule has 4 aromatic rings. The van der Waals surface area contributed by atoms with Gasteiger partial charge in [0, 0.05) is 7.05 Å². The number of aryl methyl sites for hydroxylation is 2. The van der Waals surface area contributed by atoms with Crippen molar-refractivity contribution in [1.82, 2.24) is 14.5 Å². The number of carbonyl (C=O) groups excluding carboxylic acids is 1. The third kappa shape index (κ3) is 4.59. The number of halogens is 4. The van der Waals surface area contributed by atoms with Crippen LogP contribution in [0.15, 0.2) is 59.4 Å². The number of carboxylic acid groups (broad SMARTS) is 1. The summed E-state index contributed by atoms with van der Waals surface area (Å²) in [4.78, 5) is 36.8. The summed E-state index contributed by atoms with van der Waals surface area (Å²) in [6.45, 7) is 0. The molecule has 0 radical (unpaired) electrons. The molecule has 36 heavy (non-hydrogen) atoms. The maximum absolute atomic E-state index is 14.5. The summed E-state index contributed by atoms with van der Waals surface area (Å²) >= 11 is 5.87. The molecule has 0 bridgehead atoms. The minimum absolute atomic E-state index is 0.0272. The highest BCUT2D eigenvalue weighted by Gasteiger charge is 2.24. The molecule has 0 aliphatic heterocycles. The minimum Gasteiger partial charge on any atom is -0.480 e. The van der Waals surface area contributed by atoms with Crippen LogP contribution >= 0.6 is 11.6 Å². The third-order valence-corrected chi connectivity index (χ3v) is 6.14. The van der Waals surface area contributed by atoms with E-state index < -0.39 is 46.6 Å². The molecular formula is C25H19ClF3N3O4. The van der Waals surface area contributed by atoms with Gasteiger partial charge < -0.3 is 10.4 Å². The SMILES string of the molecule is Cn1c(=O)n(-c2ccc(CC[C@H](NC(=O)c3c(F)cccc3Cl)C(=O)O)cc2)c2c(F)c(F)ccc21. The molecule has 0 saturated heterocycles. The Bertz CT molecular complexity index is 1530. The molecule has 0 aliphatic carbocycles. The number of fused-ring (bicyclic) bond motifs is 1. The highest BCUT2D eigenvalue weighted by atomic mass is 35.5. The maximum atomic E-state index is 14.5. The summed E-state index contributed by atoms with van der Waals surface area (Å²) < 4.78 is 44.6. The predicted molar refractivity (Wildman–Crippen MR) is 127 cm³/mol. The van der Waals surface area contributed by atoms with E-state index in [1.165, 1.54) is 41.9 Å². The predicted octanol–water partition coefficient (Wildman–Crippen LogP) is 4.22. The lowest BCUT2D eigenvalue weighted by Gasteiger charge is -2.15. The largest absolute Gasteiger partial charge is 0.480 e. The lowest BCUT2D eigenvalue weighted by atomic mass is 10.0. The Morgan fingerprint density at radius 1 is 1.03 bits per heavy atom. The van der Waals surface area contributed by atoms with E-state index in [-0.39, 0.29) is 34.6 Å². The molecule has 1 aromatic heterocycles. The summed E-state index contributed by atoms with van der Waals surface area (Å²) in [5.74, 6) is -5.38. The maximum Gasteiger partial charge on any atom is 0.333 e.